The Kier molecular flexibility index (Phi) is 0.895. The maximum atomic E-state index is 3.75. The molecule has 1 heterocycles. The minimum Gasteiger partial charge on any atom is -0.365 e. The van der Waals surface area contributed by atoms with Crippen molar-refractivity contribution in [3.05, 3.63) is 30.4 Å². The van der Waals surface area contributed by atoms with E-state index in [-0.39, 0.29) is 0 Å². The third-order valence-corrected chi connectivity index (χ3v) is 1.07. The number of rotatable bonds is 0. The lowest BCUT2D eigenvalue weighted by atomic mass is 10.3. The zero-order valence-corrected chi connectivity index (χ0v) is 4.36. The lowest BCUT2D eigenvalue weighted by Crippen LogP contribution is -1.69. The van der Waals surface area contributed by atoms with Crippen LogP contribution in [0.25, 0.3) is 0 Å². The van der Waals surface area contributed by atoms with E-state index >= 15 is 0 Å². The molecule has 0 aromatic carbocycles. The molecule has 0 amide bonds. The molecule has 0 atom stereocenters. The van der Waals surface area contributed by atoms with Gasteiger partial charge in [-0.2, -0.15) is 0 Å². The average molecular weight is 94.1 g/mol. The van der Waals surface area contributed by atoms with E-state index in [1.165, 1.54) is 0 Å². The summed E-state index contributed by atoms with van der Waals surface area (Å²) in [6.07, 6.45) is 1.89. The van der Waals surface area contributed by atoms with Gasteiger partial charge in [-0.15, -0.1) is 0 Å². The van der Waals surface area contributed by atoms with Crippen molar-refractivity contribution in [2.45, 2.75) is 6.92 Å². The Morgan fingerprint density at radius 3 is 2.57 bits per heavy atom. The maximum Gasteiger partial charge on any atom is 0.0148 e. The largest absolute Gasteiger partial charge is 0.365 e. The monoisotopic (exact) mass is 94.1 g/mol. The van der Waals surface area contributed by atoms with Crippen LogP contribution in [0.4, 0.5) is 0 Å². The van der Waals surface area contributed by atoms with Crippen LogP contribution < -0.4 is 0 Å². The van der Waals surface area contributed by atoms with E-state index in [1.54, 1.807) is 0 Å². The molecule has 0 aliphatic rings. The third-order valence-electron chi connectivity index (χ3n) is 1.07. The molecule has 0 aliphatic carbocycles. The average Bonchev–Trinajstić information content (AvgIpc) is 1.91. The van der Waals surface area contributed by atoms with Gasteiger partial charge in [0.2, 0.25) is 0 Å². The van der Waals surface area contributed by atoms with Gasteiger partial charge in [-0.25, -0.2) is 0 Å². The first kappa shape index (κ1) is 4.44. The highest BCUT2D eigenvalue weighted by molar-refractivity contribution is 5.21. The molecular weight excluding hydrogens is 86.1 g/mol. The molecule has 1 aromatic rings. The summed E-state index contributed by atoms with van der Waals surface area (Å²) in [5, 5.41) is 0. The quantitative estimate of drug-likeness (QED) is 0.501. The molecule has 1 aromatic heterocycles. The second-order valence-electron chi connectivity index (χ2n) is 1.63. The molecule has 1 rings (SSSR count). The van der Waals surface area contributed by atoms with E-state index in [4.69, 9.17) is 0 Å². The molecule has 1 nitrogen and oxygen atoms in total. The molecule has 0 saturated carbocycles. The first-order chi connectivity index (χ1) is 3.30. The molecule has 0 aliphatic heterocycles. The van der Waals surface area contributed by atoms with Gasteiger partial charge >= 0.3 is 0 Å². The second kappa shape index (κ2) is 1.41. The van der Waals surface area contributed by atoms with Gasteiger partial charge in [0.05, 0.1) is 0 Å². The topological polar surface area (TPSA) is 15.8 Å². The normalized spacial score (nSPS) is 9.43. The summed E-state index contributed by atoms with van der Waals surface area (Å²) in [5.41, 5.74) is 2.24. The van der Waals surface area contributed by atoms with Crippen LogP contribution in [0.1, 0.15) is 11.3 Å². The fraction of sp³-hybridized carbons (Fsp3) is 0.167. The van der Waals surface area contributed by atoms with Crippen molar-refractivity contribution >= 4 is 0 Å². The number of nitrogens with one attached hydrogen (secondary N) is 1. The summed E-state index contributed by atoms with van der Waals surface area (Å²) in [4.78, 5) is 3.01. The molecule has 1 radical (unpaired) electrons. The van der Waals surface area contributed by atoms with Crippen molar-refractivity contribution in [1.29, 1.82) is 0 Å². The standard InChI is InChI=1S/C6H8N/c1-5-3-4-7-6(5)2/h3-4,7H,1H2,2H3. The highest BCUT2D eigenvalue weighted by atomic mass is 14.7. The minimum atomic E-state index is 1.08. The van der Waals surface area contributed by atoms with E-state index < -0.39 is 0 Å². The van der Waals surface area contributed by atoms with E-state index in [1.807, 2.05) is 19.2 Å². The van der Waals surface area contributed by atoms with Crippen LogP contribution in [0, 0.1) is 13.8 Å². The molecule has 0 saturated heterocycles. The summed E-state index contributed by atoms with van der Waals surface area (Å²) >= 11 is 0. The summed E-state index contributed by atoms with van der Waals surface area (Å²) in [7, 11) is 0. The van der Waals surface area contributed by atoms with E-state index in [9.17, 15) is 0 Å². The van der Waals surface area contributed by atoms with Crippen LogP contribution >= 0.6 is 0 Å². The number of hydrogen-bond donors (Lipinski definition) is 1. The van der Waals surface area contributed by atoms with Crippen LogP contribution in [0.3, 0.4) is 0 Å². The van der Waals surface area contributed by atoms with E-state index in [0.717, 1.165) is 11.3 Å². The van der Waals surface area contributed by atoms with Crippen LogP contribution in [0.5, 0.6) is 0 Å². The van der Waals surface area contributed by atoms with Crippen LogP contribution in [-0.4, -0.2) is 4.98 Å². The van der Waals surface area contributed by atoms with Gasteiger partial charge < -0.3 is 4.98 Å². The Morgan fingerprint density at radius 1 is 1.71 bits per heavy atom. The van der Waals surface area contributed by atoms with Crippen molar-refractivity contribution in [3.8, 4) is 0 Å². The summed E-state index contributed by atoms with van der Waals surface area (Å²) in [6.45, 7) is 5.75. The van der Waals surface area contributed by atoms with Gasteiger partial charge in [0.15, 0.2) is 0 Å². The van der Waals surface area contributed by atoms with Gasteiger partial charge in [0, 0.05) is 11.9 Å². The Balaban J connectivity index is 3.12. The van der Waals surface area contributed by atoms with Crippen LogP contribution in [0.2, 0.25) is 0 Å². The maximum absolute atomic E-state index is 3.75. The van der Waals surface area contributed by atoms with Crippen molar-refractivity contribution in [1.82, 2.24) is 4.98 Å². The minimum absolute atomic E-state index is 1.08. The van der Waals surface area contributed by atoms with Crippen molar-refractivity contribution in [2.75, 3.05) is 0 Å². The fourth-order valence-corrected chi connectivity index (χ4v) is 0.485. The highest BCUT2D eigenvalue weighted by Crippen LogP contribution is 1.99. The predicted octanol–water partition coefficient (Wildman–Crippen LogP) is 1.51. The lowest BCUT2D eigenvalue weighted by molar-refractivity contribution is 1.25. The molecule has 0 fully saturated rings. The molecule has 0 spiro atoms. The summed E-state index contributed by atoms with van der Waals surface area (Å²) in [5.74, 6) is 0. The first-order valence-electron chi connectivity index (χ1n) is 2.26. The molecule has 7 heavy (non-hydrogen) atoms. The third kappa shape index (κ3) is 0.660. The number of aromatic amines is 1. The van der Waals surface area contributed by atoms with Crippen molar-refractivity contribution in [3.63, 3.8) is 0 Å². The highest BCUT2D eigenvalue weighted by Gasteiger charge is 1.85. The molecule has 37 valence electrons. The zero-order chi connectivity index (χ0) is 5.28. The smallest absolute Gasteiger partial charge is 0.0148 e. The van der Waals surface area contributed by atoms with Gasteiger partial charge in [-0.3, -0.25) is 0 Å². The van der Waals surface area contributed by atoms with Crippen molar-refractivity contribution < 1.29 is 0 Å². The van der Waals surface area contributed by atoms with Gasteiger partial charge in [-0.1, -0.05) is 0 Å². The number of H-pyrrole nitrogens is 1. The zero-order valence-electron chi connectivity index (χ0n) is 4.36. The molecule has 0 unspecified atom stereocenters. The van der Waals surface area contributed by atoms with Gasteiger partial charge in [-0.05, 0) is 25.5 Å². The molecular formula is C6H8N. The number of aryl methyl sites for hydroxylation is 1. The lowest BCUT2D eigenvalue weighted by Gasteiger charge is -1.81. The Bertz CT molecular complexity index is 136. The molecule has 0 bridgehead atoms. The summed E-state index contributed by atoms with van der Waals surface area (Å²) in [6, 6.07) is 1.95. The van der Waals surface area contributed by atoms with E-state index in [2.05, 4.69) is 11.9 Å². The van der Waals surface area contributed by atoms with Crippen molar-refractivity contribution in [2.24, 2.45) is 0 Å². The first-order valence-corrected chi connectivity index (χ1v) is 2.26. The predicted molar refractivity (Wildman–Crippen MR) is 30.0 cm³/mol. The Morgan fingerprint density at radius 2 is 2.43 bits per heavy atom. The number of hydrogen-bond acceptors (Lipinski definition) is 0. The Hall–Kier alpha value is -0.720. The summed E-state index contributed by atoms with van der Waals surface area (Å²) < 4.78 is 0. The fourth-order valence-electron chi connectivity index (χ4n) is 0.485. The van der Waals surface area contributed by atoms with Gasteiger partial charge in [0.25, 0.3) is 0 Å². The second-order valence-corrected chi connectivity index (χ2v) is 1.63. The SMILES string of the molecule is [CH2]c1cc[nH]c1C. The number of aromatic nitrogens is 1. The van der Waals surface area contributed by atoms with E-state index in [0.29, 0.717) is 0 Å². The van der Waals surface area contributed by atoms with Crippen LogP contribution in [0.15, 0.2) is 12.3 Å². The van der Waals surface area contributed by atoms with Gasteiger partial charge in [0.1, 0.15) is 0 Å². The Labute approximate surface area is 43.4 Å². The molecule has 1 heteroatoms. The van der Waals surface area contributed by atoms with Crippen LogP contribution in [-0.2, 0) is 0 Å². The molecule has 1 N–H and O–H groups in total.